The highest BCUT2D eigenvalue weighted by atomic mass is 19.2. The summed E-state index contributed by atoms with van der Waals surface area (Å²) in [5.74, 6) is -3.59. The Balaban J connectivity index is 1.71. The predicted molar refractivity (Wildman–Crippen MR) is 63.9 cm³/mol. The van der Waals surface area contributed by atoms with E-state index in [4.69, 9.17) is 9.47 Å². The predicted octanol–water partition coefficient (Wildman–Crippen LogP) is 1.34. The third-order valence-corrected chi connectivity index (χ3v) is 3.70. The number of pyridine rings is 1. The molecule has 0 bridgehead atoms. The van der Waals surface area contributed by atoms with Crippen molar-refractivity contribution in [3.63, 3.8) is 0 Å². The summed E-state index contributed by atoms with van der Waals surface area (Å²) in [4.78, 5) is 16.8. The van der Waals surface area contributed by atoms with Crippen LogP contribution in [0.3, 0.4) is 0 Å². The topological polar surface area (TPSA) is 51.7 Å². The molecule has 0 unspecified atom stereocenters. The molecule has 3 rings (SSSR count). The number of halogens is 2. The molecule has 2 fully saturated rings. The Bertz CT molecular complexity index is 522. The minimum atomic E-state index is -1.26. The maximum atomic E-state index is 13.6. The van der Waals surface area contributed by atoms with Gasteiger partial charge in [0.2, 0.25) is 5.95 Å². The fraction of sp³-hybridized carbons (Fsp3) is 0.538. The van der Waals surface area contributed by atoms with E-state index in [0.29, 0.717) is 39.1 Å². The van der Waals surface area contributed by atoms with Crippen LogP contribution in [0.2, 0.25) is 0 Å². The standard InChI is InChI=1S/C13H14F2N2O3/c14-10-9(1-4-16-11(10)15)12(18)17-5-2-13(3-6-17)19-7-8-20-13/h1,4H,2-3,5-8H2. The molecule has 0 atom stereocenters. The third kappa shape index (κ3) is 2.27. The van der Waals surface area contributed by atoms with Crippen molar-refractivity contribution in [1.29, 1.82) is 0 Å². The van der Waals surface area contributed by atoms with Crippen LogP contribution in [0.5, 0.6) is 0 Å². The molecule has 1 spiro atoms. The normalized spacial score (nSPS) is 21.4. The number of aromatic nitrogens is 1. The maximum absolute atomic E-state index is 13.6. The molecule has 2 saturated heterocycles. The zero-order chi connectivity index (χ0) is 14.2. The fourth-order valence-electron chi connectivity index (χ4n) is 2.59. The Morgan fingerprint density at radius 3 is 2.55 bits per heavy atom. The first-order chi connectivity index (χ1) is 9.61. The minimum Gasteiger partial charge on any atom is -0.347 e. The number of amides is 1. The molecule has 0 N–H and O–H groups in total. The molecule has 1 aromatic heterocycles. The van der Waals surface area contributed by atoms with Gasteiger partial charge >= 0.3 is 0 Å². The van der Waals surface area contributed by atoms with Gasteiger partial charge in [0.05, 0.1) is 18.8 Å². The largest absolute Gasteiger partial charge is 0.347 e. The van der Waals surface area contributed by atoms with Crippen LogP contribution < -0.4 is 0 Å². The number of likely N-dealkylation sites (tertiary alicyclic amines) is 1. The molecular weight excluding hydrogens is 270 g/mol. The van der Waals surface area contributed by atoms with E-state index in [9.17, 15) is 13.6 Å². The lowest BCUT2D eigenvalue weighted by atomic mass is 10.0. The SMILES string of the molecule is O=C(c1ccnc(F)c1F)N1CCC2(CC1)OCCO2. The summed E-state index contributed by atoms with van der Waals surface area (Å²) in [6.45, 7) is 1.89. The lowest BCUT2D eigenvalue weighted by molar-refractivity contribution is -0.181. The highest BCUT2D eigenvalue weighted by molar-refractivity contribution is 5.94. The third-order valence-electron chi connectivity index (χ3n) is 3.70. The number of hydrogen-bond donors (Lipinski definition) is 0. The first kappa shape index (κ1) is 13.4. The van der Waals surface area contributed by atoms with Crippen molar-refractivity contribution >= 4 is 5.91 Å². The number of rotatable bonds is 1. The van der Waals surface area contributed by atoms with Gasteiger partial charge in [-0.2, -0.15) is 4.39 Å². The van der Waals surface area contributed by atoms with Crippen molar-refractivity contribution in [2.75, 3.05) is 26.3 Å². The van der Waals surface area contributed by atoms with Crippen molar-refractivity contribution in [1.82, 2.24) is 9.88 Å². The monoisotopic (exact) mass is 284 g/mol. The number of piperidine rings is 1. The van der Waals surface area contributed by atoms with E-state index in [1.807, 2.05) is 0 Å². The van der Waals surface area contributed by atoms with Crippen LogP contribution in [-0.2, 0) is 9.47 Å². The summed E-state index contributed by atoms with van der Waals surface area (Å²) in [5.41, 5.74) is -0.290. The zero-order valence-corrected chi connectivity index (χ0v) is 10.8. The lowest BCUT2D eigenvalue weighted by Crippen LogP contribution is -2.47. The van der Waals surface area contributed by atoms with E-state index in [-0.39, 0.29) is 5.56 Å². The highest BCUT2D eigenvalue weighted by Gasteiger charge is 2.41. The van der Waals surface area contributed by atoms with E-state index in [0.717, 1.165) is 6.20 Å². The van der Waals surface area contributed by atoms with E-state index >= 15 is 0 Å². The van der Waals surface area contributed by atoms with E-state index < -0.39 is 23.5 Å². The molecule has 0 aliphatic carbocycles. The summed E-state index contributed by atoms with van der Waals surface area (Å²) in [6.07, 6.45) is 2.15. The number of nitrogens with zero attached hydrogens (tertiary/aromatic N) is 2. The van der Waals surface area contributed by atoms with Gasteiger partial charge in [-0.15, -0.1) is 0 Å². The summed E-state index contributed by atoms with van der Waals surface area (Å²) < 4.78 is 37.7. The Morgan fingerprint density at radius 1 is 1.25 bits per heavy atom. The smallest absolute Gasteiger partial charge is 0.257 e. The van der Waals surface area contributed by atoms with Crippen molar-refractivity contribution in [3.05, 3.63) is 29.6 Å². The van der Waals surface area contributed by atoms with Gasteiger partial charge in [0, 0.05) is 32.1 Å². The summed E-state index contributed by atoms with van der Waals surface area (Å²) >= 11 is 0. The zero-order valence-electron chi connectivity index (χ0n) is 10.8. The van der Waals surface area contributed by atoms with Crippen LogP contribution in [0.15, 0.2) is 12.3 Å². The highest BCUT2D eigenvalue weighted by Crippen LogP contribution is 2.31. The Hall–Kier alpha value is -1.60. The van der Waals surface area contributed by atoms with Gasteiger partial charge in [-0.3, -0.25) is 4.79 Å². The van der Waals surface area contributed by atoms with Crippen molar-refractivity contribution in [2.24, 2.45) is 0 Å². The molecule has 0 saturated carbocycles. The van der Waals surface area contributed by atoms with Gasteiger partial charge in [0.15, 0.2) is 11.6 Å². The molecule has 0 aromatic carbocycles. The molecule has 20 heavy (non-hydrogen) atoms. The summed E-state index contributed by atoms with van der Waals surface area (Å²) in [7, 11) is 0. The van der Waals surface area contributed by atoms with Crippen LogP contribution in [0, 0.1) is 11.8 Å². The Morgan fingerprint density at radius 2 is 1.90 bits per heavy atom. The number of hydrogen-bond acceptors (Lipinski definition) is 4. The second kappa shape index (κ2) is 5.06. The molecule has 1 amide bonds. The minimum absolute atomic E-state index is 0.290. The van der Waals surface area contributed by atoms with E-state index in [1.165, 1.54) is 11.0 Å². The molecule has 2 aliphatic rings. The number of carbonyl (C=O) groups excluding carboxylic acids is 1. The molecular formula is C13H14F2N2O3. The summed E-state index contributed by atoms with van der Waals surface area (Å²) in [6, 6.07) is 1.19. The van der Waals surface area contributed by atoms with Gasteiger partial charge in [-0.25, -0.2) is 9.37 Å². The molecule has 108 valence electrons. The van der Waals surface area contributed by atoms with E-state index in [1.54, 1.807) is 0 Å². The number of ether oxygens (including phenoxy) is 2. The molecule has 7 heteroatoms. The molecule has 5 nitrogen and oxygen atoms in total. The molecule has 1 aromatic rings. The van der Waals surface area contributed by atoms with Gasteiger partial charge < -0.3 is 14.4 Å². The first-order valence-corrected chi connectivity index (χ1v) is 6.48. The summed E-state index contributed by atoms with van der Waals surface area (Å²) in [5, 5.41) is 0. The quantitative estimate of drug-likeness (QED) is 0.730. The van der Waals surface area contributed by atoms with Crippen LogP contribution in [0.4, 0.5) is 8.78 Å². The maximum Gasteiger partial charge on any atom is 0.257 e. The average molecular weight is 284 g/mol. The van der Waals surface area contributed by atoms with Gasteiger partial charge in [0.1, 0.15) is 0 Å². The van der Waals surface area contributed by atoms with Crippen LogP contribution >= 0.6 is 0 Å². The Labute approximate surface area is 114 Å². The average Bonchev–Trinajstić information content (AvgIpc) is 2.90. The van der Waals surface area contributed by atoms with Crippen LogP contribution in [0.1, 0.15) is 23.2 Å². The van der Waals surface area contributed by atoms with Gasteiger partial charge in [0.25, 0.3) is 5.91 Å². The van der Waals surface area contributed by atoms with Crippen molar-refractivity contribution in [3.8, 4) is 0 Å². The van der Waals surface area contributed by atoms with Crippen LogP contribution in [-0.4, -0.2) is 47.9 Å². The molecule has 0 radical (unpaired) electrons. The second-order valence-electron chi connectivity index (χ2n) is 4.86. The van der Waals surface area contributed by atoms with Crippen molar-refractivity contribution < 1.29 is 23.0 Å². The molecule has 2 aliphatic heterocycles. The Kier molecular flexibility index (Phi) is 3.39. The van der Waals surface area contributed by atoms with Crippen molar-refractivity contribution in [2.45, 2.75) is 18.6 Å². The number of carbonyl (C=O) groups is 1. The molecule has 3 heterocycles. The van der Waals surface area contributed by atoms with Gasteiger partial charge in [-0.05, 0) is 6.07 Å². The van der Waals surface area contributed by atoms with E-state index in [2.05, 4.69) is 4.98 Å². The first-order valence-electron chi connectivity index (χ1n) is 6.48. The fourth-order valence-corrected chi connectivity index (χ4v) is 2.59. The second-order valence-corrected chi connectivity index (χ2v) is 4.86. The van der Waals surface area contributed by atoms with Gasteiger partial charge in [-0.1, -0.05) is 0 Å². The lowest BCUT2D eigenvalue weighted by Gasteiger charge is -2.37. The van der Waals surface area contributed by atoms with Crippen LogP contribution in [0.25, 0.3) is 0 Å².